The van der Waals surface area contributed by atoms with Crippen LogP contribution in [-0.4, -0.2) is 41.9 Å². The number of rotatable bonds is 9. The topological polar surface area (TPSA) is 94.5 Å². The van der Waals surface area contributed by atoms with Crippen molar-refractivity contribution in [3.8, 4) is 28.4 Å². The van der Waals surface area contributed by atoms with E-state index in [9.17, 15) is 9.59 Å². The normalized spacial score (nSPS) is 10.5. The van der Waals surface area contributed by atoms with Crippen molar-refractivity contribution in [2.24, 2.45) is 0 Å². The van der Waals surface area contributed by atoms with Gasteiger partial charge in [0.2, 0.25) is 0 Å². The number of methoxy groups -OCH3 is 1. The van der Waals surface area contributed by atoms with Gasteiger partial charge in [-0.1, -0.05) is 18.2 Å². The van der Waals surface area contributed by atoms with Gasteiger partial charge in [0.25, 0.3) is 11.8 Å². The molecule has 8 heteroatoms. The Bertz CT molecular complexity index is 1280. The number of benzene rings is 3. The minimum absolute atomic E-state index is 0.0660. The minimum atomic E-state index is -0.297. The number of hydrogen-bond donors (Lipinski definition) is 2. The third-order valence-corrected chi connectivity index (χ3v) is 5.20. The third-order valence-electron chi connectivity index (χ3n) is 5.20. The fraction of sp³-hybridized carbons (Fsp3) is 0.148. The van der Waals surface area contributed by atoms with Crippen molar-refractivity contribution >= 4 is 17.5 Å². The Morgan fingerprint density at radius 1 is 0.914 bits per heavy atom. The second-order valence-electron chi connectivity index (χ2n) is 7.62. The number of ether oxygens (including phenoxy) is 2. The first-order valence-electron chi connectivity index (χ1n) is 11.2. The molecular formula is C27H26N4O4. The van der Waals surface area contributed by atoms with Gasteiger partial charge in [-0.25, -0.2) is 4.68 Å². The number of carbonyl (C=O) groups excluding carboxylic acids is 2. The average Bonchev–Trinajstić information content (AvgIpc) is 3.35. The Morgan fingerprint density at radius 3 is 2.26 bits per heavy atom. The van der Waals surface area contributed by atoms with Crippen molar-refractivity contribution in [1.29, 1.82) is 0 Å². The minimum Gasteiger partial charge on any atom is -0.497 e. The van der Waals surface area contributed by atoms with Crippen LogP contribution in [0.5, 0.6) is 11.5 Å². The molecule has 0 unspecified atom stereocenters. The number of amides is 2. The molecule has 35 heavy (non-hydrogen) atoms. The molecular weight excluding hydrogens is 444 g/mol. The summed E-state index contributed by atoms with van der Waals surface area (Å²) >= 11 is 0. The molecule has 2 N–H and O–H groups in total. The second kappa shape index (κ2) is 11.0. The maximum absolute atomic E-state index is 13.3. The van der Waals surface area contributed by atoms with E-state index in [1.807, 2.05) is 61.5 Å². The van der Waals surface area contributed by atoms with Crippen LogP contribution in [0.3, 0.4) is 0 Å². The Labute approximate surface area is 203 Å². The summed E-state index contributed by atoms with van der Waals surface area (Å²) in [5.74, 6) is 0.766. The smallest absolute Gasteiger partial charge is 0.259 e. The maximum Gasteiger partial charge on any atom is 0.259 e. The van der Waals surface area contributed by atoms with Crippen LogP contribution in [0.15, 0.2) is 85.1 Å². The van der Waals surface area contributed by atoms with Gasteiger partial charge in [0.1, 0.15) is 17.2 Å². The molecule has 1 aromatic heterocycles. The van der Waals surface area contributed by atoms with Crippen LogP contribution in [0.4, 0.5) is 5.69 Å². The van der Waals surface area contributed by atoms with E-state index in [1.54, 1.807) is 42.3 Å². The SMILES string of the molecule is CCNC(=O)COc1ccc(NC(=O)c2cn(-c3ccccc3)nc2-c2ccc(OC)cc2)cc1. The van der Waals surface area contributed by atoms with Crippen molar-refractivity contribution in [2.75, 3.05) is 25.6 Å². The molecule has 0 bridgehead atoms. The van der Waals surface area contributed by atoms with Crippen LogP contribution < -0.4 is 20.1 Å². The fourth-order valence-electron chi connectivity index (χ4n) is 3.45. The molecule has 4 aromatic rings. The van der Waals surface area contributed by atoms with E-state index in [1.165, 1.54) is 0 Å². The predicted octanol–water partition coefficient (Wildman–Crippen LogP) is 4.32. The number of para-hydroxylation sites is 1. The van der Waals surface area contributed by atoms with Crippen molar-refractivity contribution in [3.05, 3.63) is 90.6 Å². The van der Waals surface area contributed by atoms with E-state index in [4.69, 9.17) is 14.6 Å². The van der Waals surface area contributed by atoms with Crippen LogP contribution >= 0.6 is 0 Å². The van der Waals surface area contributed by atoms with Crippen LogP contribution in [-0.2, 0) is 4.79 Å². The fourth-order valence-corrected chi connectivity index (χ4v) is 3.45. The lowest BCUT2D eigenvalue weighted by molar-refractivity contribution is -0.122. The highest BCUT2D eigenvalue weighted by atomic mass is 16.5. The van der Waals surface area contributed by atoms with E-state index >= 15 is 0 Å². The first kappa shape index (κ1) is 23.6. The summed E-state index contributed by atoms with van der Waals surface area (Å²) in [5, 5.41) is 10.3. The van der Waals surface area contributed by atoms with E-state index in [2.05, 4.69) is 10.6 Å². The van der Waals surface area contributed by atoms with Gasteiger partial charge in [0.05, 0.1) is 18.4 Å². The molecule has 0 aliphatic rings. The molecule has 0 aliphatic carbocycles. The lowest BCUT2D eigenvalue weighted by atomic mass is 10.1. The van der Waals surface area contributed by atoms with Crippen molar-refractivity contribution < 1.29 is 19.1 Å². The zero-order chi connectivity index (χ0) is 24.6. The molecule has 0 aliphatic heterocycles. The van der Waals surface area contributed by atoms with Gasteiger partial charge in [-0.2, -0.15) is 5.10 Å². The van der Waals surface area contributed by atoms with Gasteiger partial charge in [0, 0.05) is 24.0 Å². The summed E-state index contributed by atoms with van der Waals surface area (Å²) in [5.41, 5.74) is 3.20. The largest absolute Gasteiger partial charge is 0.497 e. The quantitative estimate of drug-likeness (QED) is 0.380. The third kappa shape index (κ3) is 5.86. The van der Waals surface area contributed by atoms with Gasteiger partial charge in [-0.3, -0.25) is 9.59 Å². The summed E-state index contributed by atoms with van der Waals surface area (Å²) in [6.07, 6.45) is 1.72. The first-order chi connectivity index (χ1) is 17.1. The van der Waals surface area contributed by atoms with E-state index in [-0.39, 0.29) is 18.4 Å². The Morgan fingerprint density at radius 2 is 1.60 bits per heavy atom. The van der Waals surface area contributed by atoms with Crippen molar-refractivity contribution in [1.82, 2.24) is 15.1 Å². The molecule has 1 heterocycles. The number of carbonyl (C=O) groups is 2. The Kier molecular flexibility index (Phi) is 7.42. The molecule has 0 saturated carbocycles. The van der Waals surface area contributed by atoms with Gasteiger partial charge in [-0.15, -0.1) is 0 Å². The maximum atomic E-state index is 13.3. The second-order valence-corrected chi connectivity index (χ2v) is 7.62. The molecule has 3 aromatic carbocycles. The zero-order valence-corrected chi connectivity index (χ0v) is 19.5. The van der Waals surface area contributed by atoms with Gasteiger partial charge in [0.15, 0.2) is 6.61 Å². The zero-order valence-electron chi connectivity index (χ0n) is 19.5. The monoisotopic (exact) mass is 470 g/mol. The van der Waals surface area contributed by atoms with Crippen molar-refractivity contribution in [2.45, 2.75) is 6.92 Å². The summed E-state index contributed by atoms with van der Waals surface area (Å²) < 4.78 is 12.4. The van der Waals surface area contributed by atoms with Gasteiger partial charge < -0.3 is 20.1 Å². The predicted molar refractivity (Wildman–Crippen MR) is 134 cm³/mol. The van der Waals surface area contributed by atoms with E-state index < -0.39 is 0 Å². The standard InChI is InChI=1S/C27H26N4O4/c1-3-28-25(32)18-35-23-15-11-20(12-16-23)29-27(33)24-17-31(21-7-5-4-6-8-21)30-26(24)19-9-13-22(34-2)14-10-19/h4-17H,3,18H2,1-2H3,(H,28,32)(H,29,33). The molecule has 2 amide bonds. The molecule has 0 saturated heterocycles. The number of likely N-dealkylation sites (N-methyl/N-ethyl adjacent to an activating group) is 1. The van der Waals surface area contributed by atoms with Gasteiger partial charge in [-0.05, 0) is 67.6 Å². The van der Waals surface area contributed by atoms with E-state index in [0.29, 0.717) is 29.2 Å². The van der Waals surface area contributed by atoms with Crippen LogP contribution in [0, 0.1) is 0 Å². The first-order valence-corrected chi connectivity index (χ1v) is 11.2. The molecule has 178 valence electrons. The van der Waals surface area contributed by atoms with E-state index in [0.717, 1.165) is 17.0 Å². The number of anilines is 1. The number of hydrogen-bond acceptors (Lipinski definition) is 5. The molecule has 0 fully saturated rings. The highest BCUT2D eigenvalue weighted by Gasteiger charge is 2.19. The lowest BCUT2D eigenvalue weighted by Gasteiger charge is -2.09. The molecule has 0 spiro atoms. The number of nitrogens with zero attached hydrogens (tertiary/aromatic N) is 2. The highest BCUT2D eigenvalue weighted by Crippen LogP contribution is 2.27. The number of aromatic nitrogens is 2. The number of nitrogens with one attached hydrogen (secondary N) is 2. The van der Waals surface area contributed by atoms with Crippen LogP contribution in [0.25, 0.3) is 16.9 Å². The Balaban J connectivity index is 1.56. The summed E-state index contributed by atoms with van der Waals surface area (Å²) in [7, 11) is 1.61. The van der Waals surface area contributed by atoms with Crippen molar-refractivity contribution in [3.63, 3.8) is 0 Å². The summed E-state index contributed by atoms with van der Waals surface area (Å²) in [6.45, 7) is 2.33. The van der Waals surface area contributed by atoms with Gasteiger partial charge >= 0.3 is 0 Å². The molecule has 0 atom stereocenters. The molecule has 0 radical (unpaired) electrons. The lowest BCUT2D eigenvalue weighted by Crippen LogP contribution is -2.28. The Hall–Kier alpha value is -4.59. The van der Waals surface area contributed by atoms with Crippen LogP contribution in [0.1, 0.15) is 17.3 Å². The molecule has 8 nitrogen and oxygen atoms in total. The summed E-state index contributed by atoms with van der Waals surface area (Å²) in [4.78, 5) is 24.8. The average molecular weight is 471 g/mol. The van der Waals surface area contributed by atoms with Crippen LogP contribution in [0.2, 0.25) is 0 Å². The molecule has 4 rings (SSSR count). The summed E-state index contributed by atoms with van der Waals surface area (Å²) in [6, 6.07) is 23.8. The highest BCUT2D eigenvalue weighted by molar-refractivity contribution is 6.08.